The minimum absolute atomic E-state index is 0.656. The highest BCUT2D eigenvalue weighted by atomic mass is 79.9. The summed E-state index contributed by atoms with van der Waals surface area (Å²) in [7, 11) is 0. The number of benzene rings is 1. The van der Waals surface area contributed by atoms with Gasteiger partial charge in [-0.3, -0.25) is 0 Å². The molecule has 0 heterocycles. The van der Waals surface area contributed by atoms with E-state index < -0.39 is 0 Å². The monoisotopic (exact) mass is 295 g/mol. The third-order valence-corrected chi connectivity index (χ3v) is 4.42. The summed E-state index contributed by atoms with van der Waals surface area (Å²) in [5.41, 5.74) is 3.95. The van der Waals surface area contributed by atoms with Gasteiger partial charge in [0.15, 0.2) is 0 Å². The summed E-state index contributed by atoms with van der Waals surface area (Å²) in [6, 6.07) is 5.10. The Morgan fingerprint density at radius 1 is 1.12 bits per heavy atom. The number of anilines is 1. The fourth-order valence-corrected chi connectivity index (χ4v) is 3.50. The molecule has 94 valence electrons. The van der Waals surface area contributed by atoms with Gasteiger partial charge in [-0.15, -0.1) is 0 Å². The van der Waals surface area contributed by atoms with Crippen molar-refractivity contribution >= 4 is 21.6 Å². The lowest BCUT2D eigenvalue weighted by atomic mass is 9.87. The third-order valence-electron chi connectivity index (χ3n) is 3.80. The first kappa shape index (κ1) is 12.9. The summed E-state index contributed by atoms with van der Waals surface area (Å²) in [5.74, 6) is 0.913. The number of aryl methyl sites for hydroxylation is 2. The molecule has 2 heteroatoms. The molecule has 0 atom stereocenters. The van der Waals surface area contributed by atoms with Crippen molar-refractivity contribution in [1.29, 1.82) is 0 Å². The zero-order chi connectivity index (χ0) is 12.4. The summed E-state index contributed by atoms with van der Waals surface area (Å²) in [6.45, 7) is 6.69. The quantitative estimate of drug-likeness (QED) is 0.804. The van der Waals surface area contributed by atoms with E-state index in [1.54, 1.807) is 0 Å². The second-order valence-electron chi connectivity index (χ2n) is 5.54. The van der Waals surface area contributed by atoms with Gasteiger partial charge in [0.25, 0.3) is 0 Å². The maximum atomic E-state index is 3.72. The predicted molar refractivity (Wildman–Crippen MR) is 78.7 cm³/mol. The number of hydrogen-bond acceptors (Lipinski definition) is 1. The van der Waals surface area contributed by atoms with Gasteiger partial charge in [0.1, 0.15) is 0 Å². The molecule has 0 bridgehead atoms. The van der Waals surface area contributed by atoms with Crippen molar-refractivity contribution in [2.45, 2.75) is 52.5 Å². The fourth-order valence-electron chi connectivity index (χ4n) is 2.71. The standard InChI is InChI=1S/C15H22BrN/c1-10-4-6-13(7-5-10)17-15-12(3)8-11(2)9-14(15)16/h8-10,13,17H,4-7H2,1-3H3. The normalized spacial score (nSPS) is 24.7. The molecule has 1 aliphatic rings. The first-order chi connectivity index (χ1) is 8.06. The summed E-state index contributed by atoms with van der Waals surface area (Å²) in [6.07, 6.45) is 5.34. The molecule has 0 aliphatic heterocycles. The van der Waals surface area contributed by atoms with Crippen LogP contribution in [-0.4, -0.2) is 6.04 Å². The van der Waals surface area contributed by atoms with Crippen LogP contribution in [0.3, 0.4) is 0 Å². The Morgan fingerprint density at radius 2 is 1.76 bits per heavy atom. The van der Waals surface area contributed by atoms with Gasteiger partial charge < -0.3 is 5.32 Å². The molecule has 1 aliphatic carbocycles. The minimum atomic E-state index is 0.656. The fraction of sp³-hybridized carbons (Fsp3) is 0.600. The van der Waals surface area contributed by atoms with E-state index in [0.717, 1.165) is 5.92 Å². The van der Waals surface area contributed by atoms with Crippen molar-refractivity contribution in [2.75, 3.05) is 5.32 Å². The number of halogens is 1. The lowest BCUT2D eigenvalue weighted by molar-refractivity contribution is 0.361. The van der Waals surface area contributed by atoms with E-state index in [1.165, 1.54) is 47.0 Å². The molecule has 0 unspecified atom stereocenters. The second kappa shape index (κ2) is 5.43. The van der Waals surface area contributed by atoms with E-state index in [2.05, 4.69) is 54.2 Å². The average molecular weight is 296 g/mol. The Labute approximate surface area is 113 Å². The van der Waals surface area contributed by atoms with Crippen molar-refractivity contribution in [3.63, 3.8) is 0 Å². The maximum absolute atomic E-state index is 3.72. The molecule has 1 aromatic rings. The molecule has 0 saturated heterocycles. The van der Waals surface area contributed by atoms with Gasteiger partial charge in [-0.2, -0.15) is 0 Å². The molecule has 1 saturated carbocycles. The van der Waals surface area contributed by atoms with Crippen LogP contribution >= 0.6 is 15.9 Å². The van der Waals surface area contributed by atoms with E-state index in [9.17, 15) is 0 Å². The van der Waals surface area contributed by atoms with Crippen LogP contribution in [0.25, 0.3) is 0 Å². The molecule has 1 aromatic carbocycles. The predicted octanol–water partition coefficient (Wildman–Crippen LogP) is 5.06. The number of rotatable bonds is 2. The van der Waals surface area contributed by atoms with Crippen molar-refractivity contribution in [2.24, 2.45) is 5.92 Å². The van der Waals surface area contributed by atoms with Crippen molar-refractivity contribution in [3.05, 3.63) is 27.7 Å². The van der Waals surface area contributed by atoms with Gasteiger partial charge in [0.2, 0.25) is 0 Å². The van der Waals surface area contributed by atoms with Crippen LogP contribution < -0.4 is 5.32 Å². The Kier molecular flexibility index (Phi) is 4.13. The van der Waals surface area contributed by atoms with E-state index in [0.29, 0.717) is 6.04 Å². The Balaban J connectivity index is 2.08. The highest BCUT2D eigenvalue weighted by Gasteiger charge is 2.19. The maximum Gasteiger partial charge on any atom is 0.0516 e. The molecule has 17 heavy (non-hydrogen) atoms. The molecule has 2 rings (SSSR count). The summed E-state index contributed by atoms with van der Waals surface area (Å²) < 4.78 is 1.20. The second-order valence-corrected chi connectivity index (χ2v) is 6.39. The minimum Gasteiger partial charge on any atom is -0.381 e. The van der Waals surface area contributed by atoms with Crippen LogP contribution in [0.5, 0.6) is 0 Å². The van der Waals surface area contributed by atoms with E-state index in [-0.39, 0.29) is 0 Å². The summed E-state index contributed by atoms with van der Waals surface area (Å²) in [4.78, 5) is 0. The van der Waals surface area contributed by atoms with Gasteiger partial charge >= 0.3 is 0 Å². The first-order valence-corrected chi connectivity index (χ1v) is 7.39. The van der Waals surface area contributed by atoms with E-state index >= 15 is 0 Å². The van der Waals surface area contributed by atoms with Gasteiger partial charge in [-0.1, -0.05) is 13.0 Å². The van der Waals surface area contributed by atoms with Crippen molar-refractivity contribution in [1.82, 2.24) is 0 Å². The van der Waals surface area contributed by atoms with Gasteiger partial charge in [0.05, 0.1) is 5.69 Å². The molecule has 0 radical (unpaired) electrons. The number of hydrogen-bond donors (Lipinski definition) is 1. The lowest BCUT2D eigenvalue weighted by Crippen LogP contribution is -2.25. The first-order valence-electron chi connectivity index (χ1n) is 6.59. The van der Waals surface area contributed by atoms with Crippen molar-refractivity contribution < 1.29 is 0 Å². The molecule has 0 spiro atoms. The van der Waals surface area contributed by atoms with Crippen LogP contribution in [0.2, 0.25) is 0 Å². The van der Waals surface area contributed by atoms with Crippen molar-refractivity contribution in [3.8, 4) is 0 Å². The molecule has 0 amide bonds. The summed E-state index contributed by atoms with van der Waals surface area (Å²) in [5, 5.41) is 3.72. The lowest BCUT2D eigenvalue weighted by Gasteiger charge is -2.29. The Bertz CT molecular complexity index is 369. The Morgan fingerprint density at radius 3 is 2.35 bits per heavy atom. The molecule has 0 aromatic heterocycles. The molecule has 1 N–H and O–H groups in total. The van der Waals surface area contributed by atoms with Gasteiger partial charge in [-0.05, 0) is 78.6 Å². The van der Waals surface area contributed by atoms with Gasteiger partial charge in [-0.25, -0.2) is 0 Å². The van der Waals surface area contributed by atoms with Crippen LogP contribution in [-0.2, 0) is 0 Å². The average Bonchev–Trinajstić information content (AvgIpc) is 2.26. The molecule has 1 fully saturated rings. The molecule has 1 nitrogen and oxygen atoms in total. The zero-order valence-corrected chi connectivity index (χ0v) is 12.6. The highest BCUT2D eigenvalue weighted by Crippen LogP contribution is 2.32. The third kappa shape index (κ3) is 3.25. The van der Waals surface area contributed by atoms with Gasteiger partial charge in [0, 0.05) is 10.5 Å². The van der Waals surface area contributed by atoms with E-state index in [4.69, 9.17) is 0 Å². The summed E-state index contributed by atoms with van der Waals surface area (Å²) >= 11 is 3.67. The molecular formula is C15H22BrN. The highest BCUT2D eigenvalue weighted by molar-refractivity contribution is 9.10. The largest absolute Gasteiger partial charge is 0.381 e. The van der Waals surface area contributed by atoms with E-state index in [1.807, 2.05) is 0 Å². The number of nitrogens with one attached hydrogen (secondary N) is 1. The molecular weight excluding hydrogens is 274 g/mol. The SMILES string of the molecule is Cc1cc(C)c(NC2CCC(C)CC2)c(Br)c1. The van der Waals surface area contributed by atoms with Crippen LogP contribution in [0.4, 0.5) is 5.69 Å². The topological polar surface area (TPSA) is 12.0 Å². The Hall–Kier alpha value is -0.500. The van der Waals surface area contributed by atoms with Crippen LogP contribution in [0.1, 0.15) is 43.7 Å². The van der Waals surface area contributed by atoms with Crippen LogP contribution in [0.15, 0.2) is 16.6 Å². The smallest absolute Gasteiger partial charge is 0.0516 e. The zero-order valence-electron chi connectivity index (χ0n) is 11.0. The van der Waals surface area contributed by atoms with Crippen LogP contribution in [0, 0.1) is 19.8 Å².